The van der Waals surface area contributed by atoms with Crippen molar-refractivity contribution in [2.45, 2.75) is 31.4 Å². The molecule has 4 heteroatoms. The second kappa shape index (κ2) is 2.48. The van der Waals surface area contributed by atoms with Gasteiger partial charge in [-0.25, -0.2) is 4.68 Å². The van der Waals surface area contributed by atoms with Gasteiger partial charge in [0.1, 0.15) is 12.7 Å². The SMILES string of the molecule is OC1COc2cc(C3CC3)nn2C1. The van der Waals surface area contributed by atoms with Crippen LogP contribution >= 0.6 is 0 Å². The highest BCUT2D eigenvalue weighted by Gasteiger charge is 2.29. The van der Waals surface area contributed by atoms with Gasteiger partial charge in [0, 0.05) is 12.0 Å². The number of hydrogen-bond donors (Lipinski definition) is 1. The Morgan fingerprint density at radius 1 is 1.54 bits per heavy atom. The fourth-order valence-corrected chi connectivity index (χ4v) is 1.68. The summed E-state index contributed by atoms with van der Waals surface area (Å²) in [5.41, 5.74) is 1.13. The van der Waals surface area contributed by atoms with Crippen molar-refractivity contribution in [3.8, 4) is 5.88 Å². The van der Waals surface area contributed by atoms with Crippen LogP contribution in [0.3, 0.4) is 0 Å². The molecule has 1 fully saturated rings. The number of aliphatic hydroxyl groups is 1. The molecule has 13 heavy (non-hydrogen) atoms. The van der Waals surface area contributed by atoms with Crippen molar-refractivity contribution in [2.75, 3.05) is 6.61 Å². The largest absolute Gasteiger partial charge is 0.475 e. The second-order valence-corrected chi connectivity index (χ2v) is 3.83. The van der Waals surface area contributed by atoms with Crippen molar-refractivity contribution in [3.63, 3.8) is 0 Å². The van der Waals surface area contributed by atoms with Crippen molar-refractivity contribution in [3.05, 3.63) is 11.8 Å². The summed E-state index contributed by atoms with van der Waals surface area (Å²) in [5.74, 6) is 1.46. The molecule has 70 valence electrons. The first kappa shape index (κ1) is 7.38. The highest BCUT2D eigenvalue weighted by atomic mass is 16.5. The van der Waals surface area contributed by atoms with Crippen LogP contribution in [0.5, 0.6) is 5.88 Å². The number of hydrogen-bond acceptors (Lipinski definition) is 3. The molecule has 3 rings (SSSR count). The summed E-state index contributed by atoms with van der Waals surface area (Å²) in [6, 6.07) is 2.00. The third kappa shape index (κ3) is 1.21. The predicted octanol–water partition coefficient (Wildman–Crippen LogP) is 0.514. The zero-order chi connectivity index (χ0) is 8.84. The molecule has 1 aliphatic heterocycles. The Balaban J connectivity index is 1.93. The smallest absolute Gasteiger partial charge is 0.212 e. The van der Waals surface area contributed by atoms with Crippen LogP contribution in [0, 0.1) is 0 Å². The average molecular weight is 180 g/mol. The topological polar surface area (TPSA) is 47.3 Å². The van der Waals surface area contributed by atoms with Crippen molar-refractivity contribution in [2.24, 2.45) is 0 Å². The van der Waals surface area contributed by atoms with Crippen molar-refractivity contribution < 1.29 is 9.84 Å². The molecule has 1 atom stereocenters. The summed E-state index contributed by atoms with van der Waals surface area (Å²) < 4.78 is 7.11. The third-order valence-electron chi connectivity index (χ3n) is 2.56. The fraction of sp³-hybridized carbons (Fsp3) is 0.667. The second-order valence-electron chi connectivity index (χ2n) is 3.83. The molecular weight excluding hydrogens is 168 g/mol. The molecule has 1 aliphatic carbocycles. The van der Waals surface area contributed by atoms with Gasteiger partial charge in [-0.1, -0.05) is 0 Å². The molecule has 2 aliphatic rings. The van der Waals surface area contributed by atoms with Crippen molar-refractivity contribution in [1.82, 2.24) is 9.78 Å². The van der Waals surface area contributed by atoms with E-state index in [9.17, 15) is 5.11 Å². The minimum Gasteiger partial charge on any atom is -0.475 e. The van der Waals surface area contributed by atoms with E-state index in [1.807, 2.05) is 6.07 Å². The summed E-state index contributed by atoms with van der Waals surface area (Å²) in [4.78, 5) is 0. The lowest BCUT2D eigenvalue weighted by atomic mass is 10.3. The number of aromatic nitrogens is 2. The highest BCUT2D eigenvalue weighted by molar-refractivity contribution is 5.23. The molecule has 0 aromatic carbocycles. The Morgan fingerprint density at radius 3 is 3.15 bits per heavy atom. The van der Waals surface area contributed by atoms with Crippen LogP contribution in [0.4, 0.5) is 0 Å². The van der Waals surface area contributed by atoms with Crippen LogP contribution in [-0.4, -0.2) is 27.6 Å². The van der Waals surface area contributed by atoms with Gasteiger partial charge < -0.3 is 9.84 Å². The van der Waals surface area contributed by atoms with Gasteiger partial charge in [0.25, 0.3) is 0 Å². The lowest BCUT2D eigenvalue weighted by Gasteiger charge is -2.19. The Morgan fingerprint density at radius 2 is 2.38 bits per heavy atom. The molecule has 2 heterocycles. The molecule has 4 nitrogen and oxygen atoms in total. The summed E-state index contributed by atoms with van der Waals surface area (Å²) in [5, 5.41) is 13.7. The zero-order valence-corrected chi connectivity index (χ0v) is 7.31. The molecule has 0 saturated heterocycles. The van der Waals surface area contributed by atoms with E-state index in [1.54, 1.807) is 4.68 Å². The maximum Gasteiger partial charge on any atom is 0.212 e. The minimum absolute atomic E-state index is 0.399. The predicted molar refractivity (Wildman–Crippen MR) is 45.7 cm³/mol. The summed E-state index contributed by atoms with van der Waals surface area (Å²) in [6.07, 6.45) is 2.09. The minimum atomic E-state index is -0.403. The van der Waals surface area contributed by atoms with Crippen LogP contribution in [0.2, 0.25) is 0 Å². The van der Waals surface area contributed by atoms with Crippen LogP contribution < -0.4 is 4.74 Å². The van der Waals surface area contributed by atoms with Gasteiger partial charge in [0.15, 0.2) is 0 Å². The van der Waals surface area contributed by atoms with Gasteiger partial charge in [0.05, 0.1) is 12.2 Å². The van der Waals surface area contributed by atoms with Gasteiger partial charge in [-0.2, -0.15) is 5.10 Å². The van der Waals surface area contributed by atoms with Gasteiger partial charge >= 0.3 is 0 Å². The van der Waals surface area contributed by atoms with Crippen LogP contribution in [0.15, 0.2) is 6.07 Å². The van der Waals surface area contributed by atoms with Crippen LogP contribution in [0.1, 0.15) is 24.5 Å². The summed E-state index contributed by atoms with van der Waals surface area (Å²) >= 11 is 0. The Kier molecular flexibility index (Phi) is 1.41. The van der Waals surface area contributed by atoms with E-state index in [1.165, 1.54) is 12.8 Å². The molecule has 1 aromatic rings. The van der Waals surface area contributed by atoms with E-state index in [-0.39, 0.29) is 0 Å². The molecule has 1 N–H and O–H groups in total. The van der Waals surface area contributed by atoms with Crippen LogP contribution in [0.25, 0.3) is 0 Å². The molecular formula is C9H12N2O2. The standard InChI is InChI=1S/C9H12N2O2/c12-7-4-11-9(13-5-7)3-8(10-11)6-1-2-6/h3,6-7,12H,1-2,4-5H2. The van der Waals surface area contributed by atoms with E-state index in [0.29, 0.717) is 19.1 Å². The van der Waals surface area contributed by atoms with E-state index in [4.69, 9.17) is 4.74 Å². The Labute approximate surface area is 76.1 Å². The fourth-order valence-electron chi connectivity index (χ4n) is 1.68. The summed E-state index contributed by atoms with van der Waals surface area (Å²) in [6.45, 7) is 0.970. The maximum absolute atomic E-state index is 9.33. The van der Waals surface area contributed by atoms with Gasteiger partial charge in [-0.3, -0.25) is 0 Å². The monoisotopic (exact) mass is 180 g/mol. The van der Waals surface area contributed by atoms with Crippen molar-refractivity contribution in [1.29, 1.82) is 0 Å². The quantitative estimate of drug-likeness (QED) is 0.685. The average Bonchev–Trinajstić information content (AvgIpc) is 2.87. The van der Waals surface area contributed by atoms with E-state index >= 15 is 0 Å². The van der Waals surface area contributed by atoms with E-state index in [2.05, 4.69) is 5.10 Å². The number of nitrogens with zero attached hydrogens (tertiary/aromatic N) is 2. The van der Waals surface area contributed by atoms with Gasteiger partial charge in [-0.15, -0.1) is 0 Å². The van der Waals surface area contributed by atoms with Gasteiger partial charge in [-0.05, 0) is 12.8 Å². The lowest BCUT2D eigenvalue weighted by Crippen LogP contribution is -2.29. The molecule has 1 saturated carbocycles. The first-order valence-corrected chi connectivity index (χ1v) is 4.71. The number of fused-ring (bicyclic) bond motifs is 1. The third-order valence-corrected chi connectivity index (χ3v) is 2.56. The molecule has 0 radical (unpaired) electrons. The Bertz CT molecular complexity index is 330. The number of rotatable bonds is 1. The zero-order valence-electron chi connectivity index (χ0n) is 7.31. The number of aliphatic hydroxyl groups excluding tert-OH is 1. The summed E-state index contributed by atoms with van der Waals surface area (Å²) in [7, 11) is 0. The van der Waals surface area contributed by atoms with E-state index in [0.717, 1.165) is 11.6 Å². The maximum atomic E-state index is 9.33. The van der Waals surface area contributed by atoms with E-state index < -0.39 is 6.10 Å². The molecule has 1 aromatic heterocycles. The van der Waals surface area contributed by atoms with Crippen molar-refractivity contribution >= 4 is 0 Å². The molecule has 0 spiro atoms. The highest BCUT2D eigenvalue weighted by Crippen LogP contribution is 2.40. The molecule has 0 bridgehead atoms. The normalized spacial score (nSPS) is 26.7. The lowest BCUT2D eigenvalue weighted by molar-refractivity contribution is 0.0557. The van der Waals surface area contributed by atoms with Crippen LogP contribution in [-0.2, 0) is 6.54 Å². The number of ether oxygens (including phenoxy) is 1. The Hall–Kier alpha value is -1.03. The first-order valence-electron chi connectivity index (χ1n) is 4.71. The molecule has 0 amide bonds. The van der Waals surface area contributed by atoms with Gasteiger partial charge in [0.2, 0.25) is 5.88 Å². The molecule has 1 unspecified atom stereocenters. The first-order chi connectivity index (χ1) is 6.33.